The quantitative estimate of drug-likeness (QED) is 0.199. The molecule has 2 bridgehead atoms. The Hall–Kier alpha value is -3.78. The summed E-state index contributed by atoms with van der Waals surface area (Å²) in [6.07, 6.45) is -4.15. The Balaban J connectivity index is 1.06. The Morgan fingerprint density at radius 3 is 2.39 bits per heavy atom. The predicted octanol–water partition coefficient (Wildman–Crippen LogP) is 7.46. The largest absolute Gasteiger partial charge is 0.484 e. The average molecular weight is 747 g/mol. The smallest absolute Gasteiger partial charge is 0.418 e. The highest BCUT2D eigenvalue weighted by Crippen LogP contribution is 2.69. The Labute approximate surface area is 294 Å². The first-order valence-corrected chi connectivity index (χ1v) is 17.8. The molecule has 2 aliphatic carbocycles. The second-order valence-corrected chi connectivity index (χ2v) is 15.5. The molecule has 2 saturated carbocycles. The van der Waals surface area contributed by atoms with Crippen molar-refractivity contribution >= 4 is 75.4 Å². The van der Waals surface area contributed by atoms with Gasteiger partial charge in [0.25, 0.3) is 5.91 Å². The normalized spacial score (nSPS) is 26.8. The van der Waals surface area contributed by atoms with Crippen LogP contribution in [0.15, 0.2) is 76.6 Å². The Kier molecular flexibility index (Phi) is 7.89. The number of hydrogen-bond donors (Lipinski definition) is 2. The van der Waals surface area contributed by atoms with Crippen LogP contribution in [0.2, 0.25) is 10.0 Å². The summed E-state index contributed by atoms with van der Waals surface area (Å²) in [5.74, 6) is -3.62. The van der Waals surface area contributed by atoms with Crippen LogP contribution in [-0.4, -0.2) is 34.6 Å². The number of halogens is 5. The van der Waals surface area contributed by atoms with Crippen LogP contribution < -0.4 is 19.8 Å². The third-order valence-corrected chi connectivity index (χ3v) is 13.3. The van der Waals surface area contributed by atoms with Crippen molar-refractivity contribution in [2.75, 3.05) is 16.8 Å². The van der Waals surface area contributed by atoms with E-state index in [1.54, 1.807) is 24.3 Å². The van der Waals surface area contributed by atoms with Gasteiger partial charge >= 0.3 is 11.0 Å². The number of nitrogens with zero attached hydrogens (tertiary/aromatic N) is 1. The minimum Gasteiger partial charge on any atom is -0.484 e. The van der Waals surface area contributed by atoms with E-state index >= 15 is 0 Å². The Morgan fingerprint density at radius 1 is 0.959 bits per heavy atom. The number of carbonyl (C=O) groups is 3. The molecule has 7 atom stereocenters. The number of para-hydroxylation sites is 1. The highest BCUT2D eigenvalue weighted by atomic mass is 35.5. The number of rotatable bonds is 6. The maximum atomic E-state index is 14.0. The molecule has 4 aliphatic rings. The van der Waals surface area contributed by atoms with Crippen LogP contribution in [0.5, 0.6) is 5.75 Å². The number of amides is 3. The molecule has 15 heteroatoms. The number of anilines is 2. The topological polar surface area (TPSA) is 109 Å². The number of hydrogen-bond acceptors (Lipinski definition) is 7. The van der Waals surface area contributed by atoms with Gasteiger partial charge in [0, 0.05) is 21.7 Å². The van der Waals surface area contributed by atoms with E-state index in [1.807, 2.05) is 12.1 Å². The molecule has 49 heavy (non-hydrogen) atoms. The molecule has 4 unspecified atom stereocenters. The van der Waals surface area contributed by atoms with Crippen LogP contribution in [0.1, 0.15) is 28.3 Å². The number of imide groups is 1. The second-order valence-electron chi connectivity index (χ2n) is 12.5. The second kappa shape index (κ2) is 11.9. The van der Waals surface area contributed by atoms with E-state index < -0.39 is 47.0 Å². The fourth-order valence-corrected chi connectivity index (χ4v) is 11.4. The maximum Gasteiger partial charge on any atom is 0.418 e. The fourth-order valence-electron chi connectivity index (χ4n) is 8.23. The Morgan fingerprint density at radius 2 is 1.67 bits per heavy atom. The van der Waals surface area contributed by atoms with Gasteiger partial charge in [0.05, 0.1) is 38.2 Å². The van der Waals surface area contributed by atoms with Gasteiger partial charge in [-0.15, -0.1) is 11.8 Å². The van der Waals surface area contributed by atoms with Crippen LogP contribution in [0.4, 0.5) is 24.5 Å². The SMILES string of the molecule is O=C(COc1ccc([C@H]2c3sc(=O)[nH]c3SC3C2[C@H]2C[C@@H]3C3C(=O)N(c4ccccc4C(F)(F)F)C(=O)C32)cc1)Nc1ccc(Cl)c(Cl)c1. The summed E-state index contributed by atoms with van der Waals surface area (Å²) in [4.78, 5) is 57.2. The number of benzene rings is 3. The van der Waals surface area contributed by atoms with Gasteiger partial charge in [-0.05, 0) is 72.2 Å². The number of fused-ring (bicyclic) bond motifs is 9. The lowest BCUT2D eigenvalue weighted by molar-refractivity contribution is -0.137. The molecule has 8 nitrogen and oxygen atoms in total. The van der Waals surface area contributed by atoms with Gasteiger partial charge in [0.2, 0.25) is 11.8 Å². The van der Waals surface area contributed by atoms with E-state index in [1.165, 1.54) is 36.0 Å². The van der Waals surface area contributed by atoms with Crippen molar-refractivity contribution in [1.29, 1.82) is 0 Å². The summed E-state index contributed by atoms with van der Waals surface area (Å²) in [6, 6.07) is 16.6. The van der Waals surface area contributed by atoms with E-state index in [0.29, 0.717) is 32.9 Å². The van der Waals surface area contributed by atoms with Crippen LogP contribution in [0.25, 0.3) is 0 Å². The number of aromatic amines is 1. The highest BCUT2D eigenvalue weighted by molar-refractivity contribution is 8.00. The van der Waals surface area contributed by atoms with Crippen molar-refractivity contribution in [3.05, 3.63) is 102 Å². The zero-order valence-electron chi connectivity index (χ0n) is 25.0. The summed E-state index contributed by atoms with van der Waals surface area (Å²) in [7, 11) is 0. The van der Waals surface area contributed by atoms with Crippen molar-refractivity contribution in [3.63, 3.8) is 0 Å². The lowest BCUT2D eigenvalue weighted by Crippen LogP contribution is -2.42. The summed E-state index contributed by atoms with van der Waals surface area (Å²) in [6.45, 7) is -0.273. The van der Waals surface area contributed by atoms with E-state index in [0.717, 1.165) is 32.7 Å². The van der Waals surface area contributed by atoms with Crippen LogP contribution >= 0.6 is 46.3 Å². The monoisotopic (exact) mass is 745 g/mol. The summed E-state index contributed by atoms with van der Waals surface area (Å²) >= 11 is 14.5. The third kappa shape index (κ3) is 5.36. The van der Waals surface area contributed by atoms with Crippen molar-refractivity contribution < 1.29 is 32.3 Å². The predicted molar refractivity (Wildman–Crippen MR) is 179 cm³/mol. The molecule has 252 valence electrons. The minimum atomic E-state index is -4.74. The molecule has 2 aliphatic heterocycles. The summed E-state index contributed by atoms with van der Waals surface area (Å²) in [5.41, 5.74) is -0.134. The first-order chi connectivity index (χ1) is 23.4. The van der Waals surface area contributed by atoms with Gasteiger partial charge in [0.15, 0.2) is 6.61 Å². The van der Waals surface area contributed by atoms with Gasteiger partial charge < -0.3 is 15.0 Å². The number of aromatic nitrogens is 1. The number of alkyl halides is 3. The van der Waals surface area contributed by atoms with E-state index in [-0.39, 0.29) is 40.4 Å². The van der Waals surface area contributed by atoms with Crippen LogP contribution in [0, 0.1) is 29.6 Å². The van der Waals surface area contributed by atoms with Gasteiger partial charge in [-0.3, -0.25) is 19.2 Å². The van der Waals surface area contributed by atoms with Gasteiger partial charge in [0.1, 0.15) is 5.75 Å². The molecule has 3 amide bonds. The number of carbonyl (C=O) groups excluding carboxylic acids is 3. The molecule has 3 fully saturated rings. The van der Waals surface area contributed by atoms with Crippen LogP contribution in [-0.2, 0) is 20.6 Å². The van der Waals surface area contributed by atoms with E-state index in [9.17, 15) is 32.3 Å². The summed E-state index contributed by atoms with van der Waals surface area (Å²) < 4.78 is 47.6. The van der Waals surface area contributed by atoms with Crippen molar-refractivity contribution in [1.82, 2.24) is 4.98 Å². The van der Waals surface area contributed by atoms with Gasteiger partial charge in [-0.1, -0.05) is 58.8 Å². The first kappa shape index (κ1) is 32.4. The minimum absolute atomic E-state index is 0.135. The molecule has 3 heterocycles. The number of ether oxygens (including phenoxy) is 1. The zero-order valence-corrected chi connectivity index (χ0v) is 28.1. The Bertz CT molecular complexity index is 2090. The molecular weight excluding hydrogens is 722 g/mol. The average Bonchev–Trinajstić information content (AvgIpc) is 3.80. The molecule has 4 aromatic rings. The molecule has 0 radical (unpaired) electrons. The number of nitrogens with one attached hydrogen (secondary N) is 2. The lowest BCUT2D eigenvalue weighted by atomic mass is 9.68. The maximum absolute atomic E-state index is 14.0. The highest BCUT2D eigenvalue weighted by Gasteiger charge is 2.70. The third-order valence-electron chi connectivity index (χ3n) is 9.99. The summed E-state index contributed by atoms with van der Waals surface area (Å²) in [5, 5.41) is 3.93. The molecule has 0 spiro atoms. The zero-order chi connectivity index (χ0) is 34.4. The molecular formula is C34H24Cl2F3N3O5S2. The molecule has 2 N–H and O–H groups in total. The fraction of sp³-hybridized carbons (Fsp3) is 0.294. The van der Waals surface area contributed by atoms with Gasteiger partial charge in [-0.2, -0.15) is 13.2 Å². The van der Waals surface area contributed by atoms with Gasteiger partial charge in [-0.25, -0.2) is 4.90 Å². The molecule has 1 saturated heterocycles. The standard InChI is InChI=1S/C34H24Cl2F3N3O5S2/c35-20-10-7-15(11-21(20)36)40-23(43)13-47-16-8-5-14(6-9-16)24-25-17-12-18(28(25)48-30-29(24)49-33(46)41-30)27-26(17)31(44)42(32(27)45)22-4-2-1-3-19(22)34(37,38)39/h1-11,17-18,24-28H,12-13H2,(H,40,43)(H,41,46)/t17-,18-,24-,25?,26?,27?,28?/m1/s1. The number of thiazole rings is 1. The van der Waals surface area contributed by atoms with Crippen molar-refractivity contribution in [2.24, 2.45) is 29.6 Å². The molecule has 3 aromatic carbocycles. The molecule has 8 rings (SSSR count). The lowest BCUT2D eigenvalue weighted by Gasteiger charge is -2.43. The van der Waals surface area contributed by atoms with E-state index in [4.69, 9.17) is 27.9 Å². The number of H-pyrrole nitrogens is 1. The first-order valence-electron chi connectivity index (χ1n) is 15.3. The molecule has 1 aromatic heterocycles. The van der Waals surface area contributed by atoms with Crippen molar-refractivity contribution in [2.45, 2.75) is 28.8 Å². The van der Waals surface area contributed by atoms with E-state index in [2.05, 4.69) is 10.3 Å². The number of thioether (sulfide) groups is 1. The van der Waals surface area contributed by atoms with Crippen LogP contribution in [0.3, 0.4) is 0 Å². The van der Waals surface area contributed by atoms with Crippen molar-refractivity contribution in [3.8, 4) is 5.75 Å².